The van der Waals surface area contributed by atoms with Gasteiger partial charge in [-0.3, -0.25) is 14.7 Å². The van der Waals surface area contributed by atoms with Crippen molar-refractivity contribution >= 4 is 23.6 Å². The number of aryl methyl sites for hydroxylation is 1. The van der Waals surface area contributed by atoms with E-state index in [1.165, 1.54) is 32.1 Å². The van der Waals surface area contributed by atoms with Crippen LogP contribution >= 0.6 is 0 Å². The zero-order valence-electron chi connectivity index (χ0n) is 13.3. The standard InChI is InChI=1S/C16H14N4O4/c1-9-18-16(20-19-9)13(8-17)6-12-4-5-14(23-10(2)21)15(7-12)24-11(3)22/h4-7H,1-3H3,(H,18,19,20)/b13-6+. The highest BCUT2D eigenvalue weighted by Gasteiger charge is 2.12. The van der Waals surface area contributed by atoms with Crippen LogP contribution in [0.25, 0.3) is 11.6 Å². The first-order chi connectivity index (χ1) is 11.4. The second kappa shape index (κ2) is 7.19. The van der Waals surface area contributed by atoms with Gasteiger partial charge in [-0.25, -0.2) is 4.98 Å². The summed E-state index contributed by atoms with van der Waals surface area (Å²) >= 11 is 0. The van der Waals surface area contributed by atoms with Crippen LogP contribution in [0.1, 0.15) is 31.1 Å². The van der Waals surface area contributed by atoms with Gasteiger partial charge >= 0.3 is 11.9 Å². The van der Waals surface area contributed by atoms with Gasteiger partial charge in [-0.05, 0) is 30.7 Å². The molecule has 0 saturated heterocycles. The Morgan fingerprint density at radius 3 is 2.42 bits per heavy atom. The molecule has 0 radical (unpaired) electrons. The summed E-state index contributed by atoms with van der Waals surface area (Å²) in [7, 11) is 0. The van der Waals surface area contributed by atoms with E-state index in [0.29, 0.717) is 11.4 Å². The lowest BCUT2D eigenvalue weighted by Gasteiger charge is -2.09. The van der Waals surface area contributed by atoms with E-state index in [1.807, 2.05) is 6.07 Å². The van der Waals surface area contributed by atoms with Gasteiger partial charge < -0.3 is 9.47 Å². The van der Waals surface area contributed by atoms with E-state index >= 15 is 0 Å². The Bertz CT molecular complexity index is 861. The van der Waals surface area contributed by atoms with Gasteiger partial charge in [0.1, 0.15) is 11.9 Å². The molecule has 0 unspecified atom stereocenters. The van der Waals surface area contributed by atoms with E-state index < -0.39 is 11.9 Å². The van der Waals surface area contributed by atoms with Crippen LogP contribution in [-0.2, 0) is 9.59 Å². The van der Waals surface area contributed by atoms with Crippen LogP contribution in [0.2, 0.25) is 0 Å². The molecule has 1 aromatic heterocycles. The minimum atomic E-state index is -0.561. The number of carbonyl (C=O) groups is 2. The van der Waals surface area contributed by atoms with Gasteiger partial charge in [-0.2, -0.15) is 10.4 Å². The number of ether oxygens (including phenoxy) is 2. The third kappa shape index (κ3) is 4.27. The third-order valence-electron chi connectivity index (χ3n) is 2.74. The smallest absolute Gasteiger partial charge is 0.308 e. The number of hydrogen-bond acceptors (Lipinski definition) is 7. The van der Waals surface area contributed by atoms with Crippen LogP contribution in [0.4, 0.5) is 0 Å². The summed E-state index contributed by atoms with van der Waals surface area (Å²) in [4.78, 5) is 26.4. The number of H-pyrrole nitrogens is 1. The van der Waals surface area contributed by atoms with E-state index in [1.54, 1.807) is 13.0 Å². The largest absolute Gasteiger partial charge is 0.423 e. The number of aromatic amines is 1. The van der Waals surface area contributed by atoms with Crippen LogP contribution in [0.15, 0.2) is 18.2 Å². The molecule has 2 aromatic rings. The maximum Gasteiger partial charge on any atom is 0.308 e. The van der Waals surface area contributed by atoms with Crippen molar-refractivity contribution in [2.75, 3.05) is 0 Å². The van der Waals surface area contributed by atoms with Gasteiger partial charge in [0.15, 0.2) is 17.3 Å². The molecule has 0 bridgehead atoms. The zero-order chi connectivity index (χ0) is 17.7. The lowest BCUT2D eigenvalue weighted by Crippen LogP contribution is -2.07. The van der Waals surface area contributed by atoms with Crippen molar-refractivity contribution in [2.24, 2.45) is 0 Å². The third-order valence-corrected chi connectivity index (χ3v) is 2.74. The van der Waals surface area contributed by atoms with Gasteiger partial charge in [0.25, 0.3) is 0 Å². The molecular weight excluding hydrogens is 312 g/mol. The predicted molar refractivity (Wildman–Crippen MR) is 83.7 cm³/mol. The van der Waals surface area contributed by atoms with Crippen molar-refractivity contribution in [1.82, 2.24) is 15.2 Å². The maximum absolute atomic E-state index is 11.2. The molecule has 0 aliphatic carbocycles. The Kier molecular flexibility index (Phi) is 5.06. The zero-order valence-corrected chi connectivity index (χ0v) is 13.3. The van der Waals surface area contributed by atoms with Gasteiger partial charge in [0.05, 0.1) is 5.57 Å². The fraction of sp³-hybridized carbons (Fsp3) is 0.188. The average molecular weight is 326 g/mol. The first-order valence-corrected chi connectivity index (χ1v) is 6.91. The highest BCUT2D eigenvalue weighted by molar-refractivity contribution is 5.87. The van der Waals surface area contributed by atoms with Gasteiger partial charge in [-0.15, -0.1) is 0 Å². The highest BCUT2D eigenvalue weighted by atomic mass is 16.6. The molecule has 0 aliphatic rings. The van der Waals surface area contributed by atoms with Gasteiger partial charge in [0.2, 0.25) is 0 Å². The molecule has 24 heavy (non-hydrogen) atoms. The molecule has 0 aliphatic heterocycles. The number of nitriles is 1. The molecule has 8 heteroatoms. The van der Waals surface area contributed by atoms with Crippen molar-refractivity contribution in [1.29, 1.82) is 5.26 Å². The number of aromatic nitrogens is 3. The molecule has 1 N–H and O–H groups in total. The summed E-state index contributed by atoms with van der Waals surface area (Å²) in [6, 6.07) is 6.58. The fourth-order valence-electron chi connectivity index (χ4n) is 1.86. The van der Waals surface area contributed by atoms with E-state index in [4.69, 9.17) is 9.47 Å². The maximum atomic E-state index is 11.2. The van der Waals surface area contributed by atoms with Crippen LogP contribution in [0.5, 0.6) is 11.5 Å². The molecule has 8 nitrogen and oxygen atoms in total. The van der Waals surface area contributed by atoms with Crippen LogP contribution in [-0.4, -0.2) is 27.1 Å². The lowest BCUT2D eigenvalue weighted by atomic mass is 10.1. The number of esters is 2. The SMILES string of the molecule is CC(=O)Oc1ccc(/C=C(\C#N)c2n[nH]c(C)n2)cc1OC(C)=O. The van der Waals surface area contributed by atoms with E-state index in [2.05, 4.69) is 15.2 Å². The van der Waals surface area contributed by atoms with Crippen molar-refractivity contribution in [2.45, 2.75) is 20.8 Å². The van der Waals surface area contributed by atoms with Crippen LogP contribution < -0.4 is 9.47 Å². The molecule has 1 aromatic carbocycles. The molecule has 2 rings (SSSR count). The topological polar surface area (TPSA) is 118 Å². The Hall–Kier alpha value is -3.47. The quantitative estimate of drug-likeness (QED) is 0.518. The Morgan fingerprint density at radius 2 is 1.88 bits per heavy atom. The van der Waals surface area contributed by atoms with Crippen LogP contribution in [0, 0.1) is 18.3 Å². The van der Waals surface area contributed by atoms with Gasteiger partial charge in [0, 0.05) is 13.8 Å². The fourth-order valence-corrected chi connectivity index (χ4v) is 1.86. The molecule has 0 fully saturated rings. The van der Waals surface area contributed by atoms with Crippen LogP contribution in [0.3, 0.4) is 0 Å². The normalized spacial score (nSPS) is 10.8. The van der Waals surface area contributed by atoms with E-state index in [0.717, 1.165) is 0 Å². The summed E-state index contributed by atoms with van der Waals surface area (Å²) in [6.45, 7) is 4.19. The molecule has 1 heterocycles. The molecule has 0 saturated carbocycles. The first-order valence-electron chi connectivity index (χ1n) is 6.91. The number of nitrogens with zero attached hydrogens (tertiary/aromatic N) is 3. The second-order valence-corrected chi connectivity index (χ2v) is 4.81. The van der Waals surface area contributed by atoms with E-state index in [9.17, 15) is 14.9 Å². The summed E-state index contributed by atoms with van der Waals surface area (Å²) < 4.78 is 10.0. The number of rotatable bonds is 4. The average Bonchev–Trinajstić information content (AvgIpc) is 2.92. The molecule has 0 spiro atoms. The number of benzene rings is 1. The number of allylic oxidation sites excluding steroid dienone is 1. The van der Waals surface area contributed by atoms with Crippen molar-refractivity contribution in [3.63, 3.8) is 0 Å². The van der Waals surface area contributed by atoms with Crippen molar-refractivity contribution in [3.8, 4) is 17.6 Å². The second-order valence-electron chi connectivity index (χ2n) is 4.81. The first kappa shape index (κ1) is 16.9. The highest BCUT2D eigenvalue weighted by Crippen LogP contribution is 2.30. The van der Waals surface area contributed by atoms with Gasteiger partial charge in [-0.1, -0.05) is 6.07 Å². The molecular formula is C16H14N4O4. The number of hydrogen-bond donors (Lipinski definition) is 1. The molecule has 0 amide bonds. The van der Waals surface area contributed by atoms with Crippen molar-refractivity contribution in [3.05, 3.63) is 35.4 Å². The Labute approximate surface area is 137 Å². The summed E-state index contributed by atoms with van der Waals surface area (Å²) in [6.07, 6.45) is 1.53. The lowest BCUT2D eigenvalue weighted by molar-refractivity contribution is -0.134. The summed E-state index contributed by atoms with van der Waals surface area (Å²) in [5.41, 5.74) is 0.787. The number of carbonyl (C=O) groups excluding carboxylic acids is 2. The number of nitrogens with one attached hydrogen (secondary N) is 1. The summed E-state index contributed by atoms with van der Waals surface area (Å²) in [5.74, 6) is -0.0719. The summed E-state index contributed by atoms with van der Waals surface area (Å²) in [5, 5.41) is 15.9. The minimum absolute atomic E-state index is 0.0786. The predicted octanol–water partition coefficient (Wildman–Crippen LogP) is 2.03. The van der Waals surface area contributed by atoms with Crippen molar-refractivity contribution < 1.29 is 19.1 Å². The Morgan fingerprint density at radius 1 is 1.21 bits per heavy atom. The molecule has 0 atom stereocenters. The Balaban J connectivity index is 2.43. The van der Waals surface area contributed by atoms with E-state index in [-0.39, 0.29) is 22.9 Å². The molecule has 122 valence electrons. The monoisotopic (exact) mass is 326 g/mol. The minimum Gasteiger partial charge on any atom is -0.423 e.